The highest BCUT2D eigenvalue weighted by molar-refractivity contribution is 5.33. The van der Waals surface area contributed by atoms with Crippen molar-refractivity contribution in [2.45, 2.75) is 122 Å². The highest BCUT2D eigenvalue weighted by Crippen LogP contribution is 2.45. The standard InChI is InChI=1S/C29H46F2O/c1-3-5-7-9-21-32-27-20-19-26(28(30)29(27)31)25-17-15-24(16-18-25)23-13-11-22(12-14-23)10-8-6-4-2/h19-20,22-25H,3-18,21H2,1-2H3. The van der Waals surface area contributed by atoms with E-state index in [1.165, 1.54) is 64.2 Å². The van der Waals surface area contributed by atoms with E-state index in [4.69, 9.17) is 4.74 Å². The molecule has 32 heavy (non-hydrogen) atoms. The first kappa shape index (κ1) is 25.5. The van der Waals surface area contributed by atoms with E-state index in [0.29, 0.717) is 12.2 Å². The van der Waals surface area contributed by atoms with Crippen molar-refractivity contribution in [1.82, 2.24) is 0 Å². The smallest absolute Gasteiger partial charge is 0.200 e. The van der Waals surface area contributed by atoms with Gasteiger partial charge in [0.2, 0.25) is 5.82 Å². The fourth-order valence-electron chi connectivity index (χ4n) is 6.22. The maximum Gasteiger partial charge on any atom is 0.200 e. The summed E-state index contributed by atoms with van der Waals surface area (Å²) in [5, 5.41) is 0. The van der Waals surface area contributed by atoms with Gasteiger partial charge in [-0.05, 0) is 80.2 Å². The van der Waals surface area contributed by atoms with Gasteiger partial charge >= 0.3 is 0 Å². The van der Waals surface area contributed by atoms with Crippen molar-refractivity contribution in [3.8, 4) is 5.75 Å². The minimum atomic E-state index is -0.790. The van der Waals surface area contributed by atoms with E-state index in [9.17, 15) is 8.78 Å². The first-order valence-electron chi connectivity index (χ1n) is 13.7. The van der Waals surface area contributed by atoms with Crippen molar-refractivity contribution in [2.24, 2.45) is 17.8 Å². The van der Waals surface area contributed by atoms with Crippen LogP contribution in [0.2, 0.25) is 0 Å². The minimum absolute atomic E-state index is 0.0760. The molecule has 3 rings (SSSR count). The van der Waals surface area contributed by atoms with Crippen molar-refractivity contribution in [3.63, 3.8) is 0 Å². The average Bonchev–Trinajstić information content (AvgIpc) is 2.82. The Hall–Kier alpha value is -1.12. The van der Waals surface area contributed by atoms with Crippen LogP contribution in [0.1, 0.15) is 128 Å². The Labute approximate surface area is 195 Å². The van der Waals surface area contributed by atoms with Crippen LogP contribution in [0.15, 0.2) is 12.1 Å². The van der Waals surface area contributed by atoms with Crippen LogP contribution in [-0.2, 0) is 0 Å². The lowest BCUT2D eigenvalue weighted by atomic mass is 9.68. The van der Waals surface area contributed by atoms with Crippen molar-refractivity contribution in [1.29, 1.82) is 0 Å². The molecule has 0 N–H and O–H groups in total. The van der Waals surface area contributed by atoms with Gasteiger partial charge in [0.05, 0.1) is 6.61 Å². The van der Waals surface area contributed by atoms with Gasteiger partial charge in [-0.25, -0.2) is 4.39 Å². The summed E-state index contributed by atoms with van der Waals surface area (Å²) in [4.78, 5) is 0. The number of hydrogen-bond acceptors (Lipinski definition) is 1. The van der Waals surface area contributed by atoms with Gasteiger partial charge in [-0.2, -0.15) is 4.39 Å². The van der Waals surface area contributed by atoms with Crippen molar-refractivity contribution < 1.29 is 13.5 Å². The molecule has 1 aromatic carbocycles. The third-order valence-corrected chi connectivity index (χ3v) is 8.32. The number of benzene rings is 1. The Morgan fingerprint density at radius 1 is 0.719 bits per heavy atom. The quantitative estimate of drug-likeness (QED) is 0.289. The van der Waals surface area contributed by atoms with E-state index < -0.39 is 11.6 Å². The number of hydrogen-bond donors (Lipinski definition) is 0. The lowest BCUT2D eigenvalue weighted by Gasteiger charge is -2.38. The largest absolute Gasteiger partial charge is 0.490 e. The van der Waals surface area contributed by atoms with E-state index in [-0.39, 0.29) is 11.7 Å². The second-order valence-corrected chi connectivity index (χ2v) is 10.6. The second kappa shape index (κ2) is 13.6. The normalized spacial score (nSPS) is 26.2. The molecule has 0 saturated heterocycles. The van der Waals surface area contributed by atoms with Gasteiger partial charge in [0.25, 0.3) is 0 Å². The topological polar surface area (TPSA) is 9.23 Å². The van der Waals surface area contributed by atoms with E-state index in [1.54, 1.807) is 12.1 Å². The zero-order chi connectivity index (χ0) is 22.8. The SMILES string of the molecule is CCCCCCOc1ccc(C2CCC(C3CCC(CCCCC)CC3)CC2)c(F)c1F. The molecule has 1 nitrogen and oxygen atoms in total. The highest BCUT2D eigenvalue weighted by Gasteiger charge is 2.32. The second-order valence-electron chi connectivity index (χ2n) is 10.6. The van der Waals surface area contributed by atoms with Gasteiger partial charge in [0.15, 0.2) is 11.6 Å². The third-order valence-electron chi connectivity index (χ3n) is 8.32. The first-order chi connectivity index (χ1) is 15.6. The van der Waals surface area contributed by atoms with Crippen LogP contribution in [0.4, 0.5) is 8.78 Å². The molecule has 1 aromatic rings. The molecular weight excluding hydrogens is 402 g/mol. The Morgan fingerprint density at radius 2 is 1.34 bits per heavy atom. The molecule has 2 saturated carbocycles. The summed E-state index contributed by atoms with van der Waals surface area (Å²) < 4.78 is 35.0. The Kier molecular flexibility index (Phi) is 10.8. The summed E-state index contributed by atoms with van der Waals surface area (Å²) in [5.41, 5.74) is 0.568. The maximum atomic E-state index is 14.8. The molecule has 0 unspecified atom stereocenters. The van der Waals surface area contributed by atoms with Crippen molar-refractivity contribution in [2.75, 3.05) is 6.61 Å². The van der Waals surface area contributed by atoms with Gasteiger partial charge in [0, 0.05) is 0 Å². The van der Waals surface area contributed by atoms with Crippen LogP contribution in [0.25, 0.3) is 0 Å². The summed E-state index contributed by atoms with van der Waals surface area (Å²) >= 11 is 0. The van der Waals surface area contributed by atoms with Gasteiger partial charge in [-0.1, -0.05) is 77.7 Å². The van der Waals surface area contributed by atoms with E-state index in [2.05, 4.69) is 13.8 Å². The van der Waals surface area contributed by atoms with Crippen LogP contribution in [-0.4, -0.2) is 6.61 Å². The molecule has 182 valence electrons. The first-order valence-corrected chi connectivity index (χ1v) is 13.7. The summed E-state index contributed by atoms with van der Waals surface area (Å²) in [5.74, 6) is 1.38. The summed E-state index contributed by atoms with van der Waals surface area (Å²) in [6.45, 7) is 4.90. The van der Waals surface area contributed by atoms with Crippen LogP contribution in [0, 0.1) is 29.4 Å². The number of ether oxygens (including phenoxy) is 1. The molecule has 3 heteroatoms. The molecule has 0 amide bonds. The van der Waals surface area contributed by atoms with Crippen LogP contribution < -0.4 is 4.74 Å². The lowest BCUT2D eigenvalue weighted by Crippen LogP contribution is -2.25. The minimum Gasteiger partial charge on any atom is -0.490 e. The molecular formula is C29H46F2O. The number of unbranched alkanes of at least 4 members (excludes halogenated alkanes) is 5. The molecule has 0 bridgehead atoms. The third kappa shape index (κ3) is 7.19. The van der Waals surface area contributed by atoms with Gasteiger partial charge in [0.1, 0.15) is 0 Å². The fourth-order valence-corrected chi connectivity index (χ4v) is 6.22. The van der Waals surface area contributed by atoms with Crippen molar-refractivity contribution >= 4 is 0 Å². The summed E-state index contributed by atoms with van der Waals surface area (Å²) in [6.07, 6.45) is 19.7. The summed E-state index contributed by atoms with van der Waals surface area (Å²) in [6, 6.07) is 3.44. The Bertz CT molecular complexity index is 657. The molecule has 0 aliphatic heterocycles. The maximum absolute atomic E-state index is 14.8. The van der Waals surface area contributed by atoms with E-state index in [0.717, 1.165) is 56.3 Å². The molecule has 2 aliphatic carbocycles. The zero-order valence-corrected chi connectivity index (χ0v) is 20.6. The molecule has 0 atom stereocenters. The molecule has 2 fully saturated rings. The Morgan fingerprint density at radius 3 is 2.00 bits per heavy atom. The van der Waals surface area contributed by atoms with E-state index in [1.807, 2.05) is 0 Å². The fraction of sp³-hybridized carbons (Fsp3) is 0.793. The zero-order valence-electron chi connectivity index (χ0n) is 20.6. The van der Waals surface area contributed by atoms with Gasteiger partial charge < -0.3 is 4.74 Å². The average molecular weight is 449 g/mol. The highest BCUT2D eigenvalue weighted by atomic mass is 19.2. The molecule has 0 heterocycles. The van der Waals surface area contributed by atoms with Crippen LogP contribution >= 0.6 is 0 Å². The monoisotopic (exact) mass is 448 g/mol. The molecule has 2 aliphatic rings. The van der Waals surface area contributed by atoms with Crippen LogP contribution in [0.5, 0.6) is 5.75 Å². The molecule has 0 aromatic heterocycles. The molecule has 0 radical (unpaired) electrons. The van der Waals surface area contributed by atoms with Gasteiger partial charge in [-0.3, -0.25) is 0 Å². The lowest BCUT2D eigenvalue weighted by molar-refractivity contribution is 0.155. The summed E-state index contributed by atoms with van der Waals surface area (Å²) in [7, 11) is 0. The van der Waals surface area contributed by atoms with Gasteiger partial charge in [-0.15, -0.1) is 0 Å². The van der Waals surface area contributed by atoms with E-state index >= 15 is 0 Å². The predicted molar refractivity (Wildman–Crippen MR) is 130 cm³/mol. The predicted octanol–water partition coefficient (Wildman–Crippen LogP) is 9.58. The number of rotatable bonds is 12. The number of halogens is 2. The molecule has 0 spiro atoms. The van der Waals surface area contributed by atoms with Crippen LogP contribution in [0.3, 0.4) is 0 Å². The van der Waals surface area contributed by atoms with Crippen molar-refractivity contribution in [3.05, 3.63) is 29.3 Å². The Balaban J connectivity index is 1.44.